The third kappa shape index (κ3) is 2.20. The molecule has 0 heterocycles. The fourth-order valence-corrected chi connectivity index (χ4v) is 1.11. The van der Waals surface area contributed by atoms with E-state index >= 15 is 0 Å². The van der Waals surface area contributed by atoms with E-state index in [1.54, 1.807) is 30.3 Å². The Hall–Kier alpha value is -1.61. The molecule has 0 aliphatic rings. The Morgan fingerprint density at radius 3 is 2.50 bits per heavy atom. The highest BCUT2D eigenvalue weighted by Crippen LogP contribution is 2.23. The van der Waals surface area contributed by atoms with Gasteiger partial charge in [0, 0.05) is 12.5 Å². The van der Waals surface area contributed by atoms with Gasteiger partial charge in [0.1, 0.15) is 0 Å². The van der Waals surface area contributed by atoms with E-state index in [9.17, 15) is 9.90 Å². The van der Waals surface area contributed by atoms with Crippen molar-refractivity contribution >= 4 is 5.97 Å². The average Bonchev–Trinajstić information content (AvgIpc) is 2.18. The highest BCUT2D eigenvalue weighted by atomic mass is 16.7. The van der Waals surface area contributed by atoms with E-state index in [2.05, 4.69) is 6.58 Å². The van der Waals surface area contributed by atoms with Gasteiger partial charge in [-0.3, -0.25) is 4.79 Å². The molecule has 0 fully saturated rings. The molecule has 0 aliphatic carbocycles. The molecule has 0 radical (unpaired) electrons. The van der Waals surface area contributed by atoms with Crippen LogP contribution in [0.5, 0.6) is 0 Å². The number of carbonyl (C=O) groups is 1. The lowest BCUT2D eigenvalue weighted by Crippen LogP contribution is -2.28. The zero-order valence-corrected chi connectivity index (χ0v) is 7.93. The number of rotatable bonds is 3. The number of carbonyl (C=O) groups excluding carboxylic acids is 1. The van der Waals surface area contributed by atoms with Gasteiger partial charge in [-0.1, -0.05) is 36.9 Å². The fourth-order valence-electron chi connectivity index (χ4n) is 1.11. The monoisotopic (exact) mass is 192 g/mol. The van der Waals surface area contributed by atoms with Crippen molar-refractivity contribution in [3.63, 3.8) is 0 Å². The van der Waals surface area contributed by atoms with Gasteiger partial charge in [-0.2, -0.15) is 0 Å². The predicted molar refractivity (Wildman–Crippen MR) is 52.3 cm³/mol. The second kappa shape index (κ2) is 4.07. The van der Waals surface area contributed by atoms with Crippen molar-refractivity contribution in [1.29, 1.82) is 0 Å². The van der Waals surface area contributed by atoms with Crippen LogP contribution in [0.1, 0.15) is 12.5 Å². The molecule has 0 spiro atoms. The molecule has 1 unspecified atom stereocenters. The minimum Gasteiger partial charge on any atom is -0.425 e. The first-order chi connectivity index (χ1) is 6.58. The van der Waals surface area contributed by atoms with E-state index in [0.717, 1.165) is 0 Å². The molecular weight excluding hydrogens is 180 g/mol. The predicted octanol–water partition coefficient (Wildman–Crippen LogP) is 1.58. The number of ether oxygens (including phenoxy) is 1. The average molecular weight is 192 g/mol. The third-order valence-electron chi connectivity index (χ3n) is 1.76. The summed E-state index contributed by atoms with van der Waals surface area (Å²) >= 11 is 0. The van der Waals surface area contributed by atoms with Gasteiger partial charge in [0.05, 0.1) is 0 Å². The maximum Gasteiger partial charge on any atom is 0.305 e. The molecule has 0 aromatic heterocycles. The van der Waals surface area contributed by atoms with Crippen LogP contribution in [0, 0.1) is 0 Å². The lowest BCUT2D eigenvalue weighted by Gasteiger charge is -2.23. The number of benzene rings is 1. The second-order valence-electron chi connectivity index (χ2n) is 2.86. The minimum absolute atomic E-state index is 0.477. The number of esters is 1. The lowest BCUT2D eigenvalue weighted by molar-refractivity contribution is -0.192. The Kier molecular flexibility index (Phi) is 3.04. The zero-order valence-electron chi connectivity index (χ0n) is 7.93. The number of aliphatic hydroxyl groups is 1. The van der Waals surface area contributed by atoms with Crippen LogP contribution in [0.2, 0.25) is 0 Å². The quantitative estimate of drug-likeness (QED) is 0.449. The molecule has 14 heavy (non-hydrogen) atoms. The van der Waals surface area contributed by atoms with Gasteiger partial charge in [-0.15, -0.1) is 0 Å². The van der Waals surface area contributed by atoms with Crippen LogP contribution < -0.4 is 0 Å². The van der Waals surface area contributed by atoms with Gasteiger partial charge in [0.15, 0.2) is 0 Å². The molecule has 1 aromatic carbocycles. The molecule has 1 aromatic rings. The van der Waals surface area contributed by atoms with Crippen molar-refractivity contribution in [2.24, 2.45) is 0 Å². The van der Waals surface area contributed by atoms with E-state index in [-0.39, 0.29) is 0 Å². The van der Waals surface area contributed by atoms with E-state index in [1.807, 2.05) is 0 Å². The van der Waals surface area contributed by atoms with E-state index in [4.69, 9.17) is 4.74 Å². The summed E-state index contributed by atoms with van der Waals surface area (Å²) in [5.41, 5.74) is 0.477. The summed E-state index contributed by atoms with van der Waals surface area (Å²) in [6.07, 6.45) is 1.18. The van der Waals surface area contributed by atoms with Crippen molar-refractivity contribution in [1.82, 2.24) is 0 Å². The Morgan fingerprint density at radius 2 is 2.07 bits per heavy atom. The summed E-state index contributed by atoms with van der Waals surface area (Å²) in [6.45, 7) is 4.67. The van der Waals surface area contributed by atoms with Gasteiger partial charge in [-0.25, -0.2) is 0 Å². The highest BCUT2D eigenvalue weighted by Gasteiger charge is 2.28. The molecule has 3 heteroatoms. The molecule has 0 saturated carbocycles. The van der Waals surface area contributed by atoms with Crippen LogP contribution in [0.3, 0.4) is 0 Å². The molecule has 0 bridgehead atoms. The Labute approximate surface area is 82.6 Å². The summed E-state index contributed by atoms with van der Waals surface area (Å²) < 4.78 is 4.77. The normalized spacial score (nSPS) is 14.1. The summed E-state index contributed by atoms with van der Waals surface area (Å²) in [5.74, 6) is -2.29. The fraction of sp³-hybridized carbons (Fsp3) is 0.182. The molecule has 0 amide bonds. The van der Waals surface area contributed by atoms with Gasteiger partial charge in [0.25, 0.3) is 5.79 Å². The summed E-state index contributed by atoms with van der Waals surface area (Å²) in [4.78, 5) is 10.8. The molecule has 74 valence electrons. The highest BCUT2D eigenvalue weighted by molar-refractivity contribution is 5.66. The van der Waals surface area contributed by atoms with Crippen LogP contribution in [0.15, 0.2) is 43.0 Å². The van der Waals surface area contributed by atoms with Crippen molar-refractivity contribution in [2.75, 3.05) is 0 Å². The Morgan fingerprint density at radius 1 is 1.50 bits per heavy atom. The van der Waals surface area contributed by atoms with Crippen LogP contribution in [0.4, 0.5) is 0 Å². The topological polar surface area (TPSA) is 46.5 Å². The lowest BCUT2D eigenvalue weighted by atomic mass is 10.1. The first-order valence-corrected chi connectivity index (χ1v) is 4.19. The van der Waals surface area contributed by atoms with E-state index in [1.165, 1.54) is 13.0 Å². The standard InChI is InChI=1S/C11H12O3/c1-3-11(13,14-9(2)12)10-7-5-4-6-8-10/h3-8,13H,1H2,2H3. The molecule has 0 aliphatic heterocycles. The largest absolute Gasteiger partial charge is 0.425 e. The molecule has 1 N–H and O–H groups in total. The molecule has 3 nitrogen and oxygen atoms in total. The number of hydrogen-bond donors (Lipinski definition) is 1. The second-order valence-corrected chi connectivity index (χ2v) is 2.86. The van der Waals surface area contributed by atoms with Crippen molar-refractivity contribution in [3.05, 3.63) is 48.6 Å². The van der Waals surface area contributed by atoms with Gasteiger partial charge < -0.3 is 9.84 Å². The summed E-state index contributed by atoms with van der Waals surface area (Å²) in [7, 11) is 0. The van der Waals surface area contributed by atoms with Crippen LogP contribution in [-0.2, 0) is 15.3 Å². The zero-order chi connectivity index (χ0) is 10.6. The van der Waals surface area contributed by atoms with Crippen molar-refractivity contribution < 1.29 is 14.6 Å². The SMILES string of the molecule is C=CC(O)(OC(C)=O)c1ccccc1. The van der Waals surface area contributed by atoms with E-state index < -0.39 is 11.8 Å². The smallest absolute Gasteiger partial charge is 0.305 e. The first kappa shape index (κ1) is 10.5. The van der Waals surface area contributed by atoms with E-state index in [0.29, 0.717) is 5.56 Å². The van der Waals surface area contributed by atoms with Crippen LogP contribution >= 0.6 is 0 Å². The summed E-state index contributed by atoms with van der Waals surface area (Å²) in [6, 6.07) is 8.61. The molecule has 1 atom stereocenters. The number of hydrogen-bond acceptors (Lipinski definition) is 3. The third-order valence-corrected chi connectivity index (χ3v) is 1.76. The summed E-state index contributed by atoms with van der Waals surface area (Å²) in [5, 5.41) is 9.90. The Balaban J connectivity index is 3.01. The maximum absolute atomic E-state index is 10.8. The van der Waals surface area contributed by atoms with Crippen LogP contribution in [0.25, 0.3) is 0 Å². The maximum atomic E-state index is 10.8. The minimum atomic E-state index is -1.73. The first-order valence-electron chi connectivity index (χ1n) is 4.19. The van der Waals surface area contributed by atoms with Crippen LogP contribution in [-0.4, -0.2) is 11.1 Å². The molecule has 1 rings (SSSR count). The van der Waals surface area contributed by atoms with Gasteiger partial charge in [-0.05, 0) is 6.08 Å². The Bertz CT molecular complexity index is 332. The molecular formula is C11H12O3. The van der Waals surface area contributed by atoms with Crippen molar-refractivity contribution in [2.45, 2.75) is 12.7 Å². The van der Waals surface area contributed by atoms with Gasteiger partial charge >= 0.3 is 5.97 Å². The van der Waals surface area contributed by atoms with Gasteiger partial charge in [0.2, 0.25) is 0 Å². The van der Waals surface area contributed by atoms with Crippen molar-refractivity contribution in [3.8, 4) is 0 Å². The molecule has 0 saturated heterocycles.